The van der Waals surface area contributed by atoms with Crippen molar-refractivity contribution in [3.8, 4) is 0 Å². The molecule has 16 heavy (non-hydrogen) atoms. The lowest BCUT2D eigenvalue weighted by Crippen LogP contribution is -2.32. The van der Waals surface area contributed by atoms with Crippen molar-refractivity contribution >= 4 is 11.5 Å². The van der Waals surface area contributed by atoms with Crippen LogP contribution in [0.2, 0.25) is 0 Å². The number of hydrogen-bond acceptors (Lipinski definition) is 3. The molecule has 1 atom stereocenters. The fourth-order valence-corrected chi connectivity index (χ4v) is 1.68. The summed E-state index contributed by atoms with van der Waals surface area (Å²) in [6.45, 7) is 1.95. The molecule has 2 rings (SSSR count). The van der Waals surface area contributed by atoms with Gasteiger partial charge in [-0.25, -0.2) is 4.52 Å². The van der Waals surface area contributed by atoms with E-state index in [9.17, 15) is 4.79 Å². The minimum atomic E-state index is -0.994. The van der Waals surface area contributed by atoms with Crippen LogP contribution in [0.3, 0.4) is 0 Å². The van der Waals surface area contributed by atoms with Gasteiger partial charge < -0.3 is 10.8 Å². The van der Waals surface area contributed by atoms with Crippen molar-refractivity contribution < 1.29 is 9.90 Å². The first-order valence-corrected chi connectivity index (χ1v) is 5.00. The van der Waals surface area contributed by atoms with E-state index < -0.39 is 12.0 Å². The number of aliphatic carboxylic acids is 1. The molecule has 3 N–H and O–H groups in total. The molecule has 2 heterocycles. The van der Waals surface area contributed by atoms with Gasteiger partial charge in [0.15, 0.2) is 0 Å². The summed E-state index contributed by atoms with van der Waals surface area (Å²) in [5, 5.41) is 13.0. The highest BCUT2D eigenvalue weighted by molar-refractivity contribution is 5.74. The van der Waals surface area contributed by atoms with Crippen molar-refractivity contribution in [2.75, 3.05) is 0 Å². The van der Waals surface area contributed by atoms with E-state index in [1.807, 2.05) is 25.1 Å². The fraction of sp³-hybridized carbons (Fsp3) is 0.273. The number of pyridine rings is 1. The van der Waals surface area contributed by atoms with Crippen molar-refractivity contribution in [2.24, 2.45) is 5.73 Å². The number of carbonyl (C=O) groups is 1. The Morgan fingerprint density at radius 1 is 1.62 bits per heavy atom. The van der Waals surface area contributed by atoms with Crippen molar-refractivity contribution in [1.29, 1.82) is 0 Å². The van der Waals surface area contributed by atoms with Gasteiger partial charge >= 0.3 is 5.97 Å². The number of nitrogens with two attached hydrogens (primary N) is 1. The first-order valence-electron chi connectivity index (χ1n) is 5.00. The molecule has 0 aliphatic heterocycles. The van der Waals surface area contributed by atoms with Gasteiger partial charge in [0, 0.05) is 17.7 Å². The Labute approximate surface area is 92.5 Å². The van der Waals surface area contributed by atoms with Gasteiger partial charge in [-0.2, -0.15) is 5.10 Å². The minimum Gasteiger partial charge on any atom is -0.480 e. The summed E-state index contributed by atoms with van der Waals surface area (Å²) in [6.07, 6.45) is 1.97. The maximum absolute atomic E-state index is 10.7. The number of carboxylic acids is 1. The molecule has 0 saturated heterocycles. The second-order valence-electron chi connectivity index (χ2n) is 3.78. The molecule has 5 nitrogen and oxygen atoms in total. The molecule has 2 aromatic rings. The van der Waals surface area contributed by atoms with Gasteiger partial charge in [-0.05, 0) is 19.1 Å². The van der Waals surface area contributed by atoms with E-state index in [-0.39, 0.29) is 0 Å². The average molecular weight is 219 g/mol. The maximum Gasteiger partial charge on any atom is 0.320 e. The molecule has 0 fully saturated rings. The molecule has 1 unspecified atom stereocenters. The summed E-state index contributed by atoms with van der Waals surface area (Å²) >= 11 is 0. The highest BCUT2D eigenvalue weighted by atomic mass is 16.4. The van der Waals surface area contributed by atoms with E-state index in [1.54, 1.807) is 10.7 Å². The van der Waals surface area contributed by atoms with Gasteiger partial charge in [-0.1, -0.05) is 6.07 Å². The summed E-state index contributed by atoms with van der Waals surface area (Å²) in [7, 11) is 0. The number of hydrogen-bond donors (Lipinski definition) is 2. The molecular weight excluding hydrogens is 206 g/mol. The molecular formula is C11H13N3O2. The largest absolute Gasteiger partial charge is 0.480 e. The lowest BCUT2D eigenvalue weighted by atomic mass is 10.1. The highest BCUT2D eigenvalue weighted by Gasteiger charge is 2.15. The Hall–Kier alpha value is -1.88. The summed E-state index contributed by atoms with van der Waals surface area (Å²) in [5.74, 6) is -0.994. The third-order valence-electron chi connectivity index (χ3n) is 2.57. The predicted molar refractivity (Wildman–Crippen MR) is 59.2 cm³/mol. The molecule has 0 amide bonds. The Kier molecular flexibility index (Phi) is 2.62. The van der Waals surface area contributed by atoms with E-state index in [1.165, 1.54) is 0 Å². The number of aryl methyl sites for hydroxylation is 1. The van der Waals surface area contributed by atoms with Crippen LogP contribution in [0.15, 0.2) is 24.4 Å². The predicted octanol–water partition coefficient (Wildman–Crippen LogP) is 0.597. The van der Waals surface area contributed by atoms with Crippen LogP contribution >= 0.6 is 0 Å². The van der Waals surface area contributed by atoms with Gasteiger partial charge in [-0.3, -0.25) is 4.79 Å². The standard InChI is InChI=1S/C11H13N3O2/c1-7-3-2-4-10-8(6-13-14(7)10)5-9(12)11(15)16/h2-4,6,9H,5,12H2,1H3,(H,15,16). The lowest BCUT2D eigenvalue weighted by molar-refractivity contribution is -0.138. The van der Waals surface area contributed by atoms with Gasteiger partial charge in [0.25, 0.3) is 0 Å². The van der Waals surface area contributed by atoms with Crippen LogP contribution in [0.4, 0.5) is 0 Å². The van der Waals surface area contributed by atoms with Crippen LogP contribution in [-0.4, -0.2) is 26.7 Å². The van der Waals surface area contributed by atoms with Crippen LogP contribution in [-0.2, 0) is 11.2 Å². The van der Waals surface area contributed by atoms with Gasteiger partial charge in [0.2, 0.25) is 0 Å². The maximum atomic E-state index is 10.7. The molecule has 0 spiro atoms. The minimum absolute atomic E-state index is 0.294. The molecule has 0 bridgehead atoms. The van der Waals surface area contributed by atoms with Crippen LogP contribution in [0.5, 0.6) is 0 Å². The second-order valence-corrected chi connectivity index (χ2v) is 3.78. The number of carboxylic acid groups (broad SMARTS) is 1. The molecule has 84 valence electrons. The Morgan fingerprint density at radius 2 is 2.38 bits per heavy atom. The molecule has 0 aromatic carbocycles. The molecule has 2 aromatic heterocycles. The average Bonchev–Trinajstić information content (AvgIpc) is 2.63. The normalized spacial score (nSPS) is 12.9. The Bertz CT molecular complexity index is 533. The zero-order chi connectivity index (χ0) is 11.7. The van der Waals surface area contributed by atoms with E-state index in [0.29, 0.717) is 6.42 Å². The Balaban J connectivity index is 2.39. The number of rotatable bonds is 3. The smallest absolute Gasteiger partial charge is 0.320 e. The van der Waals surface area contributed by atoms with Crippen LogP contribution in [0.1, 0.15) is 11.3 Å². The van der Waals surface area contributed by atoms with Crippen LogP contribution in [0.25, 0.3) is 5.52 Å². The van der Waals surface area contributed by atoms with E-state index in [2.05, 4.69) is 5.10 Å². The summed E-state index contributed by atoms with van der Waals surface area (Å²) in [6, 6.07) is 4.89. The summed E-state index contributed by atoms with van der Waals surface area (Å²) in [5.41, 5.74) is 8.28. The Morgan fingerprint density at radius 3 is 3.06 bits per heavy atom. The number of fused-ring (bicyclic) bond motifs is 1. The van der Waals surface area contributed by atoms with Crippen molar-refractivity contribution in [3.63, 3.8) is 0 Å². The highest BCUT2D eigenvalue weighted by Crippen LogP contribution is 2.13. The molecule has 0 aliphatic rings. The molecule has 0 aliphatic carbocycles. The van der Waals surface area contributed by atoms with Crippen LogP contribution in [0, 0.1) is 6.92 Å². The second kappa shape index (κ2) is 3.94. The lowest BCUT2D eigenvalue weighted by Gasteiger charge is -2.04. The summed E-state index contributed by atoms with van der Waals surface area (Å²) < 4.78 is 1.78. The monoisotopic (exact) mass is 219 g/mol. The summed E-state index contributed by atoms with van der Waals surface area (Å²) in [4.78, 5) is 10.7. The van der Waals surface area contributed by atoms with Crippen molar-refractivity contribution in [3.05, 3.63) is 35.7 Å². The molecule has 5 heteroatoms. The zero-order valence-electron chi connectivity index (χ0n) is 8.92. The van der Waals surface area contributed by atoms with E-state index >= 15 is 0 Å². The molecule has 0 radical (unpaired) electrons. The third kappa shape index (κ3) is 1.77. The number of nitrogens with zero attached hydrogens (tertiary/aromatic N) is 2. The van der Waals surface area contributed by atoms with E-state index in [0.717, 1.165) is 16.8 Å². The zero-order valence-corrected chi connectivity index (χ0v) is 8.92. The van der Waals surface area contributed by atoms with Gasteiger partial charge in [-0.15, -0.1) is 0 Å². The van der Waals surface area contributed by atoms with Crippen molar-refractivity contribution in [2.45, 2.75) is 19.4 Å². The number of aromatic nitrogens is 2. The van der Waals surface area contributed by atoms with Crippen molar-refractivity contribution in [1.82, 2.24) is 9.61 Å². The first-order chi connectivity index (χ1) is 7.59. The van der Waals surface area contributed by atoms with E-state index in [4.69, 9.17) is 10.8 Å². The van der Waals surface area contributed by atoms with Gasteiger partial charge in [0.05, 0.1) is 11.7 Å². The molecule has 0 saturated carbocycles. The quantitative estimate of drug-likeness (QED) is 0.792. The first kappa shape index (κ1) is 10.6. The topological polar surface area (TPSA) is 80.6 Å². The SMILES string of the molecule is Cc1cccc2c(CC(N)C(=O)O)cnn12. The van der Waals surface area contributed by atoms with Crippen LogP contribution < -0.4 is 5.73 Å². The van der Waals surface area contributed by atoms with Gasteiger partial charge in [0.1, 0.15) is 6.04 Å². The fourth-order valence-electron chi connectivity index (χ4n) is 1.68. The third-order valence-corrected chi connectivity index (χ3v) is 2.57.